The summed E-state index contributed by atoms with van der Waals surface area (Å²) in [6.07, 6.45) is 1.80. The van der Waals surface area contributed by atoms with Gasteiger partial charge in [0.2, 0.25) is 0 Å². The van der Waals surface area contributed by atoms with Crippen molar-refractivity contribution in [3.05, 3.63) is 66.0 Å². The van der Waals surface area contributed by atoms with Gasteiger partial charge in [-0.2, -0.15) is 0 Å². The van der Waals surface area contributed by atoms with E-state index in [9.17, 15) is 0 Å². The maximum atomic E-state index is 4.57. The number of hydrogen-bond acceptors (Lipinski definition) is 2. The monoisotopic (exact) mass is 396 g/mol. The summed E-state index contributed by atoms with van der Waals surface area (Å²) >= 11 is 0. The van der Waals surface area contributed by atoms with Gasteiger partial charge in [0.05, 0.1) is 18.8 Å². The molecular weight excluding hydrogens is 375 g/mol. The fraction of sp³-hybridized carbons (Fsp3) is 0.250. The summed E-state index contributed by atoms with van der Waals surface area (Å²) < 4.78 is 0. The molecule has 21 heavy (non-hydrogen) atoms. The van der Waals surface area contributed by atoms with Crippen LogP contribution in [0.5, 0.6) is 0 Å². The lowest BCUT2D eigenvalue weighted by atomic mass is 10.2. The van der Waals surface area contributed by atoms with Crippen molar-refractivity contribution >= 4 is 29.9 Å². The maximum absolute atomic E-state index is 4.57. The zero-order valence-electron chi connectivity index (χ0n) is 12.1. The normalized spacial score (nSPS) is 10.6. The number of nitrogens with one attached hydrogen (secondary N) is 2. The molecule has 0 fully saturated rings. The summed E-state index contributed by atoms with van der Waals surface area (Å²) in [5.74, 6) is 0.807. The first-order chi connectivity index (χ1) is 9.88. The van der Waals surface area contributed by atoms with E-state index < -0.39 is 0 Å². The first kappa shape index (κ1) is 17.4. The van der Waals surface area contributed by atoms with Crippen molar-refractivity contribution in [2.24, 2.45) is 4.99 Å². The molecule has 0 radical (unpaired) electrons. The van der Waals surface area contributed by atoms with Gasteiger partial charge in [-0.3, -0.25) is 4.98 Å². The van der Waals surface area contributed by atoms with Crippen molar-refractivity contribution in [3.63, 3.8) is 0 Å². The number of aliphatic imine (C=N–C) groups is 1. The minimum atomic E-state index is 0. The molecule has 0 spiro atoms. The Labute approximate surface area is 143 Å². The van der Waals surface area contributed by atoms with Gasteiger partial charge in [-0.1, -0.05) is 36.4 Å². The van der Waals surface area contributed by atoms with E-state index in [1.165, 1.54) is 5.56 Å². The zero-order valence-corrected chi connectivity index (χ0v) is 14.5. The fourth-order valence-corrected chi connectivity index (χ4v) is 1.77. The molecule has 1 aromatic heterocycles. The van der Waals surface area contributed by atoms with Crippen LogP contribution in [0.4, 0.5) is 0 Å². The number of halogens is 1. The second kappa shape index (κ2) is 10.1. The van der Waals surface area contributed by atoms with Gasteiger partial charge in [-0.15, -0.1) is 24.0 Å². The molecule has 0 aliphatic carbocycles. The van der Waals surface area contributed by atoms with Crippen molar-refractivity contribution < 1.29 is 0 Å². The highest BCUT2D eigenvalue weighted by Crippen LogP contribution is 2.00. The number of hydrogen-bond donors (Lipinski definition) is 2. The Morgan fingerprint density at radius 1 is 1.05 bits per heavy atom. The minimum absolute atomic E-state index is 0. The summed E-state index contributed by atoms with van der Waals surface area (Å²) in [5, 5.41) is 6.52. The van der Waals surface area contributed by atoms with E-state index in [1.807, 2.05) is 36.4 Å². The molecule has 0 unspecified atom stereocenters. The Morgan fingerprint density at radius 2 is 1.81 bits per heavy atom. The molecule has 1 heterocycles. The molecule has 0 bridgehead atoms. The van der Waals surface area contributed by atoms with Gasteiger partial charge in [0, 0.05) is 12.7 Å². The van der Waals surface area contributed by atoms with Crippen molar-refractivity contribution in [2.75, 3.05) is 6.54 Å². The summed E-state index contributed by atoms with van der Waals surface area (Å²) in [5.41, 5.74) is 2.19. The summed E-state index contributed by atoms with van der Waals surface area (Å²) in [4.78, 5) is 8.85. The number of pyridine rings is 1. The summed E-state index contributed by atoms with van der Waals surface area (Å²) in [6.45, 7) is 4.23. The molecule has 0 saturated heterocycles. The minimum Gasteiger partial charge on any atom is -0.357 e. The third-order valence-electron chi connectivity index (χ3n) is 2.77. The van der Waals surface area contributed by atoms with Crippen LogP contribution in [0.1, 0.15) is 18.2 Å². The highest BCUT2D eigenvalue weighted by molar-refractivity contribution is 14.0. The predicted molar refractivity (Wildman–Crippen MR) is 97.7 cm³/mol. The van der Waals surface area contributed by atoms with Crippen LogP contribution in [-0.2, 0) is 13.1 Å². The van der Waals surface area contributed by atoms with E-state index in [0.717, 1.165) is 18.2 Å². The number of rotatable bonds is 5. The van der Waals surface area contributed by atoms with Crippen molar-refractivity contribution in [1.29, 1.82) is 0 Å². The summed E-state index contributed by atoms with van der Waals surface area (Å²) in [7, 11) is 0. The first-order valence-electron chi connectivity index (χ1n) is 6.84. The van der Waals surface area contributed by atoms with Crippen LogP contribution in [0.25, 0.3) is 0 Å². The van der Waals surface area contributed by atoms with Crippen LogP contribution in [0, 0.1) is 0 Å². The molecule has 1 aromatic carbocycles. The van der Waals surface area contributed by atoms with E-state index in [2.05, 4.69) is 39.7 Å². The molecular formula is C16H21IN4. The largest absolute Gasteiger partial charge is 0.357 e. The molecule has 0 saturated carbocycles. The predicted octanol–water partition coefficient (Wildman–Crippen LogP) is 2.95. The van der Waals surface area contributed by atoms with Gasteiger partial charge in [0.15, 0.2) is 5.96 Å². The van der Waals surface area contributed by atoms with Crippen molar-refractivity contribution in [3.8, 4) is 0 Å². The number of benzene rings is 1. The van der Waals surface area contributed by atoms with Crippen LogP contribution < -0.4 is 10.6 Å². The highest BCUT2D eigenvalue weighted by atomic mass is 127. The van der Waals surface area contributed by atoms with Crippen LogP contribution in [0.15, 0.2) is 59.7 Å². The van der Waals surface area contributed by atoms with Gasteiger partial charge in [0.1, 0.15) is 0 Å². The SMILES string of the molecule is CCNC(=NCc1ccccc1)NCc1ccccn1.I. The number of aromatic nitrogens is 1. The van der Waals surface area contributed by atoms with Crippen molar-refractivity contribution in [1.82, 2.24) is 15.6 Å². The molecule has 0 aliphatic rings. The van der Waals surface area contributed by atoms with E-state index in [0.29, 0.717) is 13.1 Å². The molecule has 0 atom stereocenters. The average molecular weight is 396 g/mol. The molecule has 112 valence electrons. The fourth-order valence-electron chi connectivity index (χ4n) is 1.77. The maximum Gasteiger partial charge on any atom is 0.191 e. The molecule has 5 heteroatoms. The van der Waals surface area contributed by atoms with Crippen molar-refractivity contribution in [2.45, 2.75) is 20.0 Å². The molecule has 2 rings (SSSR count). The van der Waals surface area contributed by atoms with Crippen LogP contribution >= 0.6 is 24.0 Å². The lowest BCUT2D eigenvalue weighted by Crippen LogP contribution is -2.36. The molecule has 2 N–H and O–H groups in total. The number of nitrogens with zero attached hydrogens (tertiary/aromatic N) is 2. The van der Waals surface area contributed by atoms with E-state index >= 15 is 0 Å². The van der Waals surface area contributed by atoms with Gasteiger partial charge >= 0.3 is 0 Å². The molecule has 0 amide bonds. The lowest BCUT2D eigenvalue weighted by Gasteiger charge is -2.10. The first-order valence-corrected chi connectivity index (χ1v) is 6.84. The molecule has 0 aliphatic heterocycles. The Kier molecular flexibility index (Phi) is 8.42. The van der Waals surface area contributed by atoms with Gasteiger partial charge < -0.3 is 10.6 Å². The quantitative estimate of drug-likeness (QED) is 0.464. The molecule has 4 nitrogen and oxygen atoms in total. The standard InChI is InChI=1S/C16H20N4.HI/c1-2-17-16(19-12-14-8-4-3-5-9-14)20-13-15-10-6-7-11-18-15;/h3-11H,2,12-13H2,1H3,(H2,17,19,20);1H. The van der Waals surface area contributed by atoms with Crippen LogP contribution in [0.3, 0.4) is 0 Å². The zero-order chi connectivity index (χ0) is 14.0. The van der Waals surface area contributed by atoms with E-state index in [1.54, 1.807) is 6.20 Å². The Bertz CT molecular complexity index is 528. The highest BCUT2D eigenvalue weighted by Gasteiger charge is 1.98. The Hall–Kier alpha value is -1.63. The third-order valence-corrected chi connectivity index (χ3v) is 2.77. The summed E-state index contributed by atoms with van der Waals surface area (Å²) in [6, 6.07) is 16.1. The topological polar surface area (TPSA) is 49.3 Å². The van der Waals surface area contributed by atoms with Crippen LogP contribution in [0.2, 0.25) is 0 Å². The van der Waals surface area contributed by atoms with Gasteiger partial charge in [-0.05, 0) is 24.6 Å². The van der Waals surface area contributed by atoms with E-state index in [4.69, 9.17) is 0 Å². The Balaban J connectivity index is 0.00000220. The Morgan fingerprint density at radius 3 is 2.48 bits per heavy atom. The van der Waals surface area contributed by atoms with Gasteiger partial charge in [-0.25, -0.2) is 4.99 Å². The van der Waals surface area contributed by atoms with E-state index in [-0.39, 0.29) is 24.0 Å². The third kappa shape index (κ3) is 6.57. The second-order valence-corrected chi connectivity index (χ2v) is 4.36. The number of guanidine groups is 1. The van der Waals surface area contributed by atoms with Crippen LogP contribution in [-0.4, -0.2) is 17.5 Å². The lowest BCUT2D eigenvalue weighted by molar-refractivity contribution is 0.799. The van der Waals surface area contributed by atoms with Gasteiger partial charge in [0.25, 0.3) is 0 Å². The molecule has 2 aromatic rings. The second-order valence-electron chi connectivity index (χ2n) is 4.36. The average Bonchev–Trinajstić information content (AvgIpc) is 2.52. The smallest absolute Gasteiger partial charge is 0.191 e.